The molecule has 1 aromatic heterocycles. The number of aromatic nitrogens is 2. The fourth-order valence-corrected chi connectivity index (χ4v) is 2.75. The third-order valence-electron chi connectivity index (χ3n) is 3.49. The van der Waals surface area contributed by atoms with E-state index in [1.165, 1.54) is 23.5 Å². The average Bonchev–Trinajstić information content (AvgIpc) is 3.08. The third-order valence-corrected chi connectivity index (χ3v) is 4.33. The molecule has 0 aliphatic heterocycles. The van der Waals surface area contributed by atoms with Gasteiger partial charge in [0.25, 0.3) is 11.8 Å². The average molecular weight is 370 g/mol. The van der Waals surface area contributed by atoms with Crippen LogP contribution in [-0.4, -0.2) is 22.0 Å². The molecule has 3 aromatic rings. The molecule has 8 heteroatoms. The molecule has 0 bridgehead atoms. The van der Waals surface area contributed by atoms with Crippen LogP contribution in [0.5, 0.6) is 0 Å². The molecule has 0 fully saturated rings. The Morgan fingerprint density at radius 3 is 2.31 bits per heavy atom. The summed E-state index contributed by atoms with van der Waals surface area (Å²) in [6.45, 7) is 2.07. The van der Waals surface area contributed by atoms with Gasteiger partial charge in [-0.25, -0.2) is 4.39 Å². The van der Waals surface area contributed by atoms with E-state index in [1.54, 1.807) is 43.3 Å². The number of hydrogen-bond acceptors (Lipinski definition) is 5. The lowest BCUT2D eigenvalue weighted by molar-refractivity contribution is 0.0950. The number of carbonyl (C=O) groups is 2. The lowest BCUT2D eigenvalue weighted by Gasteiger charge is -2.07. The van der Waals surface area contributed by atoms with Gasteiger partial charge in [-0.15, -0.1) is 10.2 Å². The lowest BCUT2D eigenvalue weighted by atomic mass is 10.1. The Morgan fingerprint density at radius 1 is 1.00 bits per heavy atom. The van der Waals surface area contributed by atoms with Gasteiger partial charge < -0.3 is 10.6 Å². The second-order valence-corrected chi connectivity index (χ2v) is 6.65. The van der Waals surface area contributed by atoms with Gasteiger partial charge in [-0.1, -0.05) is 23.5 Å². The Labute approximate surface area is 153 Å². The van der Waals surface area contributed by atoms with E-state index in [0.717, 1.165) is 5.56 Å². The molecule has 3 rings (SSSR count). The molecule has 0 saturated heterocycles. The van der Waals surface area contributed by atoms with E-state index >= 15 is 0 Å². The Hall–Kier alpha value is -3.13. The maximum absolute atomic E-state index is 12.9. The first-order chi connectivity index (χ1) is 12.5. The van der Waals surface area contributed by atoms with Crippen molar-refractivity contribution in [2.45, 2.75) is 13.5 Å². The molecular weight excluding hydrogens is 355 g/mol. The number of hydrogen-bond donors (Lipinski definition) is 2. The predicted molar refractivity (Wildman–Crippen MR) is 96.6 cm³/mol. The maximum Gasteiger partial charge on any atom is 0.286 e. The molecular formula is C18H15FN4O2S. The predicted octanol–water partition coefficient (Wildman–Crippen LogP) is 3.17. The zero-order chi connectivity index (χ0) is 18.5. The van der Waals surface area contributed by atoms with Crippen LogP contribution in [0.1, 0.15) is 30.7 Å². The Bertz CT molecular complexity index is 923. The molecule has 26 heavy (non-hydrogen) atoms. The summed E-state index contributed by atoms with van der Waals surface area (Å²) in [5.41, 5.74) is 1.81. The first-order valence-electron chi connectivity index (χ1n) is 7.75. The second kappa shape index (κ2) is 7.83. The Morgan fingerprint density at radius 2 is 1.69 bits per heavy atom. The van der Waals surface area contributed by atoms with Crippen LogP contribution in [0.15, 0.2) is 48.5 Å². The van der Waals surface area contributed by atoms with Gasteiger partial charge in [0, 0.05) is 17.8 Å². The van der Waals surface area contributed by atoms with Crippen LogP contribution >= 0.6 is 11.3 Å². The summed E-state index contributed by atoms with van der Waals surface area (Å²) in [7, 11) is 0. The summed E-state index contributed by atoms with van der Waals surface area (Å²) in [5, 5.41) is 14.0. The van der Waals surface area contributed by atoms with Crippen LogP contribution in [0.2, 0.25) is 0 Å². The van der Waals surface area contributed by atoms with Crippen molar-refractivity contribution in [1.29, 1.82) is 0 Å². The number of benzene rings is 2. The van der Waals surface area contributed by atoms with E-state index in [-0.39, 0.29) is 22.6 Å². The second-order valence-electron chi connectivity index (χ2n) is 5.47. The zero-order valence-corrected chi connectivity index (χ0v) is 14.6. The van der Waals surface area contributed by atoms with Crippen LogP contribution in [0.25, 0.3) is 0 Å². The van der Waals surface area contributed by atoms with Gasteiger partial charge >= 0.3 is 0 Å². The van der Waals surface area contributed by atoms with Gasteiger partial charge in [-0.2, -0.15) is 0 Å². The van der Waals surface area contributed by atoms with Crippen molar-refractivity contribution < 1.29 is 14.0 Å². The largest absolute Gasteiger partial charge is 0.348 e. The normalized spacial score (nSPS) is 10.4. The number of carbonyl (C=O) groups excluding carboxylic acids is 2. The lowest BCUT2D eigenvalue weighted by Crippen LogP contribution is -2.22. The van der Waals surface area contributed by atoms with Crippen LogP contribution in [0, 0.1) is 12.7 Å². The highest BCUT2D eigenvalue weighted by Crippen LogP contribution is 2.14. The SMILES string of the molecule is Cc1nnc(C(=O)Nc2ccc(C(=O)NCc3ccc(F)cc3)cc2)s1. The van der Waals surface area contributed by atoms with Crippen molar-refractivity contribution in [2.75, 3.05) is 5.32 Å². The number of halogens is 1. The van der Waals surface area contributed by atoms with E-state index < -0.39 is 0 Å². The van der Waals surface area contributed by atoms with Crippen molar-refractivity contribution in [2.24, 2.45) is 0 Å². The quantitative estimate of drug-likeness (QED) is 0.723. The highest BCUT2D eigenvalue weighted by Gasteiger charge is 2.12. The molecule has 2 aromatic carbocycles. The van der Waals surface area contributed by atoms with Gasteiger partial charge in [0.1, 0.15) is 10.8 Å². The standard InChI is InChI=1S/C18H15FN4O2S/c1-11-22-23-18(26-11)17(25)21-15-8-4-13(5-9-15)16(24)20-10-12-2-6-14(19)7-3-12/h2-9H,10H2,1H3,(H,20,24)(H,21,25). The fourth-order valence-electron chi connectivity index (χ4n) is 2.16. The summed E-state index contributed by atoms with van der Waals surface area (Å²) in [6, 6.07) is 12.4. The fraction of sp³-hybridized carbons (Fsp3) is 0.111. The van der Waals surface area contributed by atoms with Gasteiger partial charge in [-0.05, 0) is 48.9 Å². The number of aryl methyl sites for hydroxylation is 1. The van der Waals surface area contributed by atoms with Gasteiger partial charge in [0.15, 0.2) is 0 Å². The van der Waals surface area contributed by atoms with E-state index in [9.17, 15) is 14.0 Å². The summed E-state index contributed by atoms with van der Waals surface area (Å²) < 4.78 is 12.9. The van der Waals surface area contributed by atoms with E-state index in [0.29, 0.717) is 22.8 Å². The highest BCUT2D eigenvalue weighted by atomic mass is 32.1. The molecule has 0 saturated carbocycles. The molecule has 6 nitrogen and oxygen atoms in total. The van der Waals surface area contributed by atoms with Gasteiger partial charge in [0.2, 0.25) is 5.01 Å². The van der Waals surface area contributed by atoms with Crippen molar-refractivity contribution in [3.05, 3.63) is 75.5 Å². The molecule has 2 N–H and O–H groups in total. The molecule has 0 unspecified atom stereocenters. The van der Waals surface area contributed by atoms with Crippen LogP contribution < -0.4 is 10.6 Å². The molecule has 0 spiro atoms. The first-order valence-corrected chi connectivity index (χ1v) is 8.57. The first kappa shape index (κ1) is 17.7. The van der Waals surface area contributed by atoms with Gasteiger partial charge in [0.05, 0.1) is 0 Å². The number of amides is 2. The smallest absolute Gasteiger partial charge is 0.286 e. The molecule has 0 aliphatic carbocycles. The van der Waals surface area contributed by atoms with E-state index in [4.69, 9.17) is 0 Å². The molecule has 2 amide bonds. The van der Waals surface area contributed by atoms with Crippen LogP contribution in [0.3, 0.4) is 0 Å². The minimum Gasteiger partial charge on any atom is -0.348 e. The van der Waals surface area contributed by atoms with Crippen molar-refractivity contribution in [3.8, 4) is 0 Å². The van der Waals surface area contributed by atoms with Gasteiger partial charge in [-0.3, -0.25) is 9.59 Å². The summed E-state index contributed by atoms with van der Waals surface area (Å²) in [4.78, 5) is 24.2. The van der Waals surface area contributed by atoms with E-state index in [2.05, 4.69) is 20.8 Å². The van der Waals surface area contributed by atoms with Crippen LogP contribution in [0.4, 0.5) is 10.1 Å². The molecule has 0 aliphatic rings. The maximum atomic E-state index is 12.9. The van der Waals surface area contributed by atoms with Crippen molar-refractivity contribution in [3.63, 3.8) is 0 Å². The molecule has 0 radical (unpaired) electrons. The zero-order valence-electron chi connectivity index (χ0n) is 13.8. The number of rotatable bonds is 5. The van der Waals surface area contributed by atoms with E-state index in [1.807, 2.05) is 0 Å². The number of nitrogens with one attached hydrogen (secondary N) is 2. The molecule has 1 heterocycles. The topological polar surface area (TPSA) is 84.0 Å². The van der Waals surface area contributed by atoms with Crippen molar-refractivity contribution >= 4 is 28.8 Å². The molecule has 0 atom stereocenters. The monoisotopic (exact) mass is 370 g/mol. The highest BCUT2D eigenvalue weighted by molar-refractivity contribution is 7.13. The van der Waals surface area contributed by atoms with Crippen molar-refractivity contribution in [1.82, 2.24) is 15.5 Å². The summed E-state index contributed by atoms with van der Waals surface area (Å²) in [6.07, 6.45) is 0. The number of anilines is 1. The number of nitrogens with zero attached hydrogens (tertiary/aromatic N) is 2. The third kappa shape index (κ3) is 4.48. The minimum absolute atomic E-state index is 0.257. The molecule has 132 valence electrons. The Balaban J connectivity index is 1.57. The Kier molecular flexibility index (Phi) is 5.33. The van der Waals surface area contributed by atoms with Crippen LogP contribution in [-0.2, 0) is 6.54 Å². The summed E-state index contributed by atoms with van der Waals surface area (Å²) >= 11 is 1.21. The minimum atomic E-state index is -0.343. The summed E-state index contributed by atoms with van der Waals surface area (Å²) in [5.74, 6) is -0.919.